The summed E-state index contributed by atoms with van der Waals surface area (Å²) in [5.41, 5.74) is 0.794. The van der Waals surface area contributed by atoms with Crippen LogP contribution in [0.15, 0.2) is 24.3 Å². The Labute approximate surface area is 115 Å². The lowest BCUT2D eigenvalue weighted by Gasteiger charge is -2.24. The summed E-state index contributed by atoms with van der Waals surface area (Å²) in [5.74, 6) is 1.71. The summed E-state index contributed by atoms with van der Waals surface area (Å²) in [5, 5.41) is 3.27. The van der Waals surface area contributed by atoms with Crippen molar-refractivity contribution in [3.05, 3.63) is 35.6 Å². The molecule has 2 fully saturated rings. The number of rotatable bonds is 4. The molecule has 3 unspecified atom stereocenters. The van der Waals surface area contributed by atoms with Gasteiger partial charge >= 0.3 is 0 Å². The third-order valence-electron chi connectivity index (χ3n) is 4.87. The van der Waals surface area contributed by atoms with Crippen molar-refractivity contribution in [3.63, 3.8) is 0 Å². The standard InChI is InChI=1S/C16H23FN2/c1-18-16(14-7-2-3-8-15(14)17)11-19-9-12-5-4-6-13(12)10-19/h2-3,7-8,12-13,16,18H,4-6,9-11H2,1H3. The van der Waals surface area contributed by atoms with Crippen molar-refractivity contribution in [1.29, 1.82) is 0 Å². The van der Waals surface area contributed by atoms with E-state index >= 15 is 0 Å². The van der Waals surface area contributed by atoms with Crippen LogP contribution in [0, 0.1) is 17.7 Å². The van der Waals surface area contributed by atoms with E-state index in [2.05, 4.69) is 10.2 Å². The Morgan fingerprint density at radius 2 is 1.95 bits per heavy atom. The second-order valence-corrected chi connectivity index (χ2v) is 6.03. The molecule has 1 heterocycles. The van der Waals surface area contributed by atoms with Gasteiger partial charge in [0.25, 0.3) is 0 Å². The van der Waals surface area contributed by atoms with E-state index in [0.717, 1.165) is 23.9 Å². The minimum absolute atomic E-state index is 0.0961. The molecule has 1 aliphatic carbocycles. The molecule has 1 aromatic rings. The number of likely N-dealkylation sites (N-methyl/N-ethyl adjacent to an activating group) is 1. The van der Waals surface area contributed by atoms with E-state index in [4.69, 9.17) is 0 Å². The number of nitrogens with one attached hydrogen (secondary N) is 1. The highest BCUT2D eigenvalue weighted by atomic mass is 19.1. The number of likely N-dealkylation sites (tertiary alicyclic amines) is 1. The molecule has 1 saturated carbocycles. The van der Waals surface area contributed by atoms with Crippen LogP contribution in [0.5, 0.6) is 0 Å². The Morgan fingerprint density at radius 1 is 1.26 bits per heavy atom. The topological polar surface area (TPSA) is 15.3 Å². The van der Waals surface area contributed by atoms with Crippen LogP contribution in [0.1, 0.15) is 30.9 Å². The van der Waals surface area contributed by atoms with Crippen molar-refractivity contribution >= 4 is 0 Å². The van der Waals surface area contributed by atoms with Gasteiger partial charge in [-0.15, -0.1) is 0 Å². The van der Waals surface area contributed by atoms with Crippen molar-refractivity contribution in [2.75, 3.05) is 26.7 Å². The maximum atomic E-state index is 13.9. The molecule has 104 valence electrons. The molecule has 2 nitrogen and oxygen atoms in total. The molecule has 3 rings (SSSR count). The van der Waals surface area contributed by atoms with E-state index in [1.807, 2.05) is 19.2 Å². The lowest BCUT2D eigenvalue weighted by Crippen LogP contribution is -2.33. The monoisotopic (exact) mass is 262 g/mol. The molecule has 1 saturated heterocycles. The Balaban J connectivity index is 1.66. The second-order valence-electron chi connectivity index (χ2n) is 6.03. The molecule has 1 aliphatic heterocycles. The van der Waals surface area contributed by atoms with E-state index in [1.54, 1.807) is 12.1 Å². The van der Waals surface area contributed by atoms with E-state index in [1.165, 1.54) is 32.4 Å². The minimum Gasteiger partial charge on any atom is -0.312 e. The van der Waals surface area contributed by atoms with Crippen LogP contribution in [0.2, 0.25) is 0 Å². The zero-order valence-electron chi connectivity index (χ0n) is 11.6. The van der Waals surface area contributed by atoms with E-state index < -0.39 is 0 Å². The van der Waals surface area contributed by atoms with Crippen LogP contribution >= 0.6 is 0 Å². The number of halogens is 1. The van der Waals surface area contributed by atoms with E-state index in [0.29, 0.717) is 0 Å². The summed E-state index contributed by atoms with van der Waals surface area (Å²) < 4.78 is 13.9. The molecule has 19 heavy (non-hydrogen) atoms. The first-order valence-electron chi connectivity index (χ1n) is 7.42. The van der Waals surface area contributed by atoms with Crippen molar-refractivity contribution in [1.82, 2.24) is 10.2 Å². The smallest absolute Gasteiger partial charge is 0.128 e. The van der Waals surface area contributed by atoms with Gasteiger partial charge in [0.15, 0.2) is 0 Å². The van der Waals surface area contributed by atoms with E-state index in [9.17, 15) is 4.39 Å². The predicted octanol–water partition coefficient (Wildman–Crippen LogP) is 2.82. The van der Waals surface area contributed by atoms with Crippen LogP contribution in [-0.2, 0) is 0 Å². The third-order valence-corrected chi connectivity index (χ3v) is 4.87. The summed E-state index contributed by atoms with van der Waals surface area (Å²) in [6, 6.07) is 7.22. The van der Waals surface area contributed by atoms with Gasteiger partial charge in [0.2, 0.25) is 0 Å². The first kappa shape index (κ1) is 13.1. The van der Waals surface area contributed by atoms with Gasteiger partial charge in [0.1, 0.15) is 5.82 Å². The molecule has 0 bridgehead atoms. The molecule has 2 aliphatic rings. The highest BCUT2D eigenvalue weighted by Crippen LogP contribution is 2.38. The largest absolute Gasteiger partial charge is 0.312 e. The zero-order valence-corrected chi connectivity index (χ0v) is 11.6. The minimum atomic E-state index is -0.0961. The van der Waals surface area contributed by atoms with Crippen molar-refractivity contribution in [2.45, 2.75) is 25.3 Å². The number of benzene rings is 1. The molecule has 0 radical (unpaired) electrons. The van der Waals surface area contributed by atoms with Gasteiger partial charge in [-0.2, -0.15) is 0 Å². The fraction of sp³-hybridized carbons (Fsp3) is 0.625. The Hall–Kier alpha value is -0.930. The van der Waals surface area contributed by atoms with Gasteiger partial charge in [-0.1, -0.05) is 24.6 Å². The van der Waals surface area contributed by atoms with Gasteiger partial charge in [-0.3, -0.25) is 0 Å². The number of fused-ring (bicyclic) bond motifs is 1. The Kier molecular flexibility index (Phi) is 3.85. The Morgan fingerprint density at radius 3 is 2.58 bits per heavy atom. The van der Waals surface area contributed by atoms with Crippen LogP contribution in [0.3, 0.4) is 0 Å². The van der Waals surface area contributed by atoms with Crippen LogP contribution in [-0.4, -0.2) is 31.6 Å². The highest BCUT2D eigenvalue weighted by Gasteiger charge is 2.36. The van der Waals surface area contributed by atoms with Crippen LogP contribution < -0.4 is 5.32 Å². The molecule has 1 N–H and O–H groups in total. The molecule has 1 aromatic carbocycles. The summed E-state index contributed by atoms with van der Waals surface area (Å²) >= 11 is 0. The number of hydrogen-bond donors (Lipinski definition) is 1. The molecule has 0 amide bonds. The molecule has 0 spiro atoms. The summed E-state index contributed by atoms with van der Waals surface area (Å²) in [6.07, 6.45) is 4.20. The molecular formula is C16H23FN2. The van der Waals surface area contributed by atoms with E-state index in [-0.39, 0.29) is 11.9 Å². The maximum absolute atomic E-state index is 13.9. The quantitative estimate of drug-likeness (QED) is 0.897. The summed E-state index contributed by atoms with van der Waals surface area (Å²) in [6.45, 7) is 3.33. The summed E-state index contributed by atoms with van der Waals surface area (Å²) in [4.78, 5) is 2.52. The predicted molar refractivity (Wildman–Crippen MR) is 75.5 cm³/mol. The van der Waals surface area contributed by atoms with Crippen molar-refractivity contribution in [3.8, 4) is 0 Å². The fourth-order valence-corrected chi connectivity index (χ4v) is 3.84. The second kappa shape index (κ2) is 5.59. The Bertz CT molecular complexity index is 423. The lowest BCUT2D eigenvalue weighted by atomic mass is 10.0. The third kappa shape index (κ3) is 2.67. The fourth-order valence-electron chi connectivity index (χ4n) is 3.84. The van der Waals surface area contributed by atoms with Gasteiger partial charge in [0.05, 0.1) is 0 Å². The van der Waals surface area contributed by atoms with Crippen molar-refractivity contribution < 1.29 is 4.39 Å². The van der Waals surface area contributed by atoms with Crippen molar-refractivity contribution in [2.24, 2.45) is 11.8 Å². The molecule has 0 aromatic heterocycles. The number of nitrogens with zero attached hydrogens (tertiary/aromatic N) is 1. The SMILES string of the molecule is CNC(CN1CC2CCCC2C1)c1ccccc1F. The van der Waals surface area contributed by atoms with Gasteiger partial charge < -0.3 is 10.2 Å². The van der Waals surface area contributed by atoms with Gasteiger partial charge in [-0.05, 0) is 37.8 Å². The van der Waals surface area contributed by atoms with Crippen LogP contribution in [0.4, 0.5) is 4.39 Å². The normalized spacial score (nSPS) is 28.5. The highest BCUT2D eigenvalue weighted by molar-refractivity contribution is 5.21. The molecular weight excluding hydrogens is 239 g/mol. The van der Waals surface area contributed by atoms with Gasteiger partial charge in [0, 0.05) is 31.2 Å². The molecule has 3 atom stereocenters. The van der Waals surface area contributed by atoms with Gasteiger partial charge in [-0.25, -0.2) is 4.39 Å². The first-order valence-corrected chi connectivity index (χ1v) is 7.42. The maximum Gasteiger partial charge on any atom is 0.128 e. The zero-order chi connectivity index (χ0) is 13.2. The van der Waals surface area contributed by atoms with Crippen LogP contribution in [0.25, 0.3) is 0 Å². The summed E-state index contributed by atoms with van der Waals surface area (Å²) in [7, 11) is 1.92. The number of hydrogen-bond acceptors (Lipinski definition) is 2. The average molecular weight is 262 g/mol. The first-order chi connectivity index (χ1) is 9.28. The lowest BCUT2D eigenvalue weighted by molar-refractivity contribution is 0.275. The molecule has 3 heteroatoms. The average Bonchev–Trinajstić information content (AvgIpc) is 2.97.